The Morgan fingerprint density at radius 3 is 1.76 bits per heavy atom. The first kappa shape index (κ1) is 23.5. The van der Waals surface area contributed by atoms with Crippen LogP contribution in [0.25, 0.3) is 0 Å². The van der Waals surface area contributed by atoms with Crippen LogP contribution in [0.3, 0.4) is 0 Å². The number of carbonyl (C=O) groups excluding carboxylic acids is 1. The van der Waals surface area contributed by atoms with Gasteiger partial charge in [-0.2, -0.15) is 0 Å². The highest BCUT2D eigenvalue weighted by atomic mass is 35.5. The van der Waals surface area contributed by atoms with Gasteiger partial charge in [0, 0.05) is 24.3 Å². The highest BCUT2D eigenvalue weighted by molar-refractivity contribution is 7.92. The third-order valence-electron chi connectivity index (χ3n) is 5.21. The van der Waals surface area contributed by atoms with E-state index in [1.165, 1.54) is 12.1 Å². The van der Waals surface area contributed by atoms with Crippen LogP contribution in [-0.4, -0.2) is 19.2 Å². The Balaban J connectivity index is 1.66. The first-order valence-electron chi connectivity index (χ1n) is 10.7. The normalized spacial score (nSPS) is 11.1. The first-order valence-corrected chi connectivity index (χ1v) is 12.5. The van der Waals surface area contributed by atoms with Crippen molar-refractivity contribution < 1.29 is 13.2 Å². The van der Waals surface area contributed by atoms with Gasteiger partial charge in [-0.25, -0.2) is 8.42 Å². The quantitative estimate of drug-likeness (QED) is 0.330. The summed E-state index contributed by atoms with van der Waals surface area (Å²) in [5, 5.41) is 0.0395. The molecule has 0 spiro atoms. The maximum absolute atomic E-state index is 13.6. The summed E-state index contributed by atoms with van der Waals surface area (Å²) in [5.41, 5.74) is 2.59. The lowest BCUT2D eigenvalue weighted by Gasteiger charge is -2.24. The molecule has 0 fully saturated rings. The minimum absolute atomic E-state index is 0.0395. The number of para-hydroxylation sites is 1. The van der Waals surface area contributed by atoms with Crippen molar-refractivity contribution in [2.24, 2.45) is 0 Å². The summed E-state index contributed by atoms with van der Waals surface area (Å²) in [7, 11) is -4.00. The van der Waals surface area contributed by atoms with E-state index >= 15 is 0 Å². The molecule has 172 valence electrons. The third kappa shape index (κ3) is 5.84. The summed E-state index contributed by atoms with van der Waals surface area (Å²) in [6.45, 7) is 0.753. The number of sulfonamides is 1. The van der Waals surface area contributed by atoms with Gasteiger partial charge in [0.2, 0.25) is 0 Å². The van der Waals surface area contributed by atoms with Gasteiger partial charge in [-0.1, -0.05) is 90.5 Å². The number of nitrogens with zero attached hydrogens (tertiary/aromatic N) is 1. The number of hydrogen-bond acceptors (Lipinski definition) is 3. The van der Waals surface area contributed by atoms with Gasteiger partial charge in [-0.05, 0) is 41.5 Å². The monoisotopic (exact) mass is 490 g/mol. The van der Waals surface area contributed by atoms with Gasteiger partial charge in [0.25, 0.3) is 15.9 Å². The number of amides is 1. The molecule has 0 unspecified atom stereocenters. The van der Waals surface area contributed by atoms with Gasteiger partial charge in [0.15, 0.2) is 0 Å². The first-order chi connectivity index (χ1) is 16.4. The fourth-order valence-electron chi connectivity index (χ4n) is 3.55. The van der Waals surface area contributed by atoms with Crippen LogP contribution in [0, 0.1) is 0 Å². The highest BCUT2D eigenvalue weighted by Crippen LogP contribution is 2.26. The van der Waals surface area contributed by atoms with Crippen LogP contribution in [0.5, 0.6) is 0 Å². The van der Waals surface area contributed by atoms with Crippen molar-refractivity contribution in [2.45, 2.75) is 18.0 Å². The molecule has 0 radical (unpaired) electrons. The van der Waals surface area contributed by atoms with Crippen molar-refractivity contribution in [2.75, 3.05) is 4.72 Å². The smallest absolute Gasteiger partial charge is 0.263 e. The summed E-state index contributed by atoms with van der Waals surface area (Å²) >= 11 is 6.25. The topological polar surface area (TPSA) is 66.5 Å². The molecular formula is C27H23ClN2O3S. The zero-order valence-electron chi connectivity index (χ0n) is 18.3. The molecule has 4 rings (SSSR count). The number of anilines is 1. The van der Waals surface area contributed by atoms with Gasteiger partial charge in [-0.15, -0.1) is 0 Å². The maximum atomic E-state index is 13.6. The van der Waals surface area contributed by atoms with Crippen molar-refractivity contribution in [1.82, 2.24) is 4.90 Å². The van der Waals surface area contributed by atoms with Crippen LogP contribution >= 0.6 is 11.6 Å². The van der Waals surface area contributed by atoms with E-state index in [9.17, 15) is 13.2 Å². The van der Waals surface area contributed by atoms with Crippen molar-refractivity contribution in [3.05, 3.63) is 131 Å². The largest absolute Gasteiger partial charge is 0.330 e. The van der Waals surface area contributed by atoms with Gasteiger partial charge in [0.05, 0.1) is 5.02 Å². The van der Waals surface area contributed by atoms with Gasteiger partial charge >= 0.3 is 0 Å². The van der Waals surface area contributed by atoms with Crippen LogP contribution in [0.1, 0.15) is 21.5 Å². The molecule has 34 heavy (non-hydrogen) atoms. The minimum Gasteiger partial charge on any atom is -0.330 e. The summed E-state index contributed by atoms with van der Waals surface area (Å²) < 4.78 is 28.6. The van der Waals surface area contributed by atoms with E-state index in [0.717, 1.165) is 11.1 Å². The van der Waals surface area contributed by atoms with Gasteiger partial charge in [0.1, 0.15) is 4.90 Å². The lowest BCUT2D eigenvalue weighted by atomic mass is 10.1. The second kappa shape index (κ2) is 10.5. The zero-order chi connectivity index (χ0) is 24.0. The molecule has 0 aliphatic heterocycles. The molecule has 0 aliphatic rings. The Hall–Kier alpha value is -3.61. The highest BCUT2D eigenvalue weighted by Gasteiger charge is 2.23. The molecule has 0 atom stereocenters. The molecule has 5 nitrogen and oxygen atoms in total. The number of benzene rings is 4. The average Bonchev–Trinajstić information content (AvgIpc) is 2.85. The molecule has 0 saturated heterocycles. The van der Waals surface area contributed by atoms with Gasteiger partial charge in [-0.3, -0.25) is 9.52 Å². The molecule has 7 heteroatoms. The van der Waals surface area contributed by atoms with E-state index in [-0.39, 0.29) is 21.4 Å². The molecule has 4 aromatic carbocycles. The van der Waals surface area contributed by atoms with Crippen LogP contribution in [-0.2, 0) is 23.1 Å². The molecule has 0 bridgehead atoms. The van der Waals surface area contributed by atoms with E-state index in [2.05, 4.69) is 4.72 Å². The molecule has 1 amide bonds. The Kier molecular flexibility index (Phi) is 7.30. The number of rotatable bonds is 8. The van der Waals surface area contributed by atoms with E-state index in [1.807, 2.05) is 60.7 Å². The van der Waals surface area contributed by atoms with Crippen LogP contribution < -0.4 is 4.72 Å². The van der Waals surface area contributed by atoms with Gasteiger partial charge < -0.3 is 4.90 Å². The summed E-state index contributed by atoms with van der Waals surface area (Å²) in [5.74, 6) is -0.291. The standard InChI is InChI=1S/C27H23ClN2O3S/c28-25-17-16-23(18-26(25)34(32,33)29-24-14-8-3-9-15-24)27(31)30(19-21-10-4-1-5-11-21)20-22-12-6-2-7-13-22/h1-18,29H,19-20H2. The molecule has 0 aromatic heterocycles. The Morgan fingerprint density at radius 1 is 0.735 bits per heavy atom. The Labute approximate surface area is 204 Å². The van der Waals surface area contributed by atoms with Crippen LogP contribution in [0.2, 0.25) is 5.02 Å². The second-order valence-electron chi connectivity index (χ2n) is 7.75. The summed E-state index contributed by atoms with van der Waals surface area (Å²) in [6, 6.07) is 32.2. The average molecular weight is 491 g/mol. The molecule has 4 aromatic rings. The fourth-order valence-corrected chi connectivity index (χ4v) is 5.13. The lowest BCUT2D eigenvalue weighted by molar-refractivity contribution is 0.0730. The SMILES string of the molecule is O=C(c1ccc(Cl)c(S(=O)(=O)Nc2ccccc2)c1)N(Cc1ccccc1)Cc1ccccc1. The third-order valence-corrected chi connectivity index (χ3v) is 7.08. The second-order valence-corrected chi connectivity index (χ2v) is 9.81. The van der Waals surface area contributed by atoms with Crippen molar-refractivity contribution in [3.63, 3.8) is 0 Å². The maximum Gasteiger partial charge on any atom is 0.263 e. The van der Waals surface area contributed by atoms with Crippen molar-refractivity contribution >= 4 is 33.2 Å². The lowest BCUT2D eigenvalue weighted by Crippen LogP contribution is -2.30. The fraction of sp³-hybridized carbons (Fsp3) is 0.0741. The zero-order valence-corrected chi connectivity index (χ0v) is 19.8. The molecular weight excluding hydrogens is 468 g/mol. The number of halogens is 1. The van der Waals surface area contributed by atoms with E-state index < -0.39 is 10.0 Å². The Bertz CT molecular complexity index is 1320. The van der Waals surface area contributed by atoms with E-state index in [1.54, 1.807) is 41.3 Å². The molecule has 1 N–H and O–H groups in total. The van der Waals surface area contributed by atoms with Crippen LogP contribution in [0.4, 0.5) is 5.69 Å². The summed E-state index contributed by atoms with van der Waals surface area (Å²) in [4.78, 5) is 15.1. The number of carbonyl (C=O) groups is 1. The molecule has 0 heterocycles. The summed E-state index contributed by atoms with van der Waals surface area (Å²) in [6.07, 6.45) is 0. The molecule has 0 aliphatic carbocycles. The minimum atomic E-state index is -4.00. The van der Waals surface area contributed by atoms with E-state index in [0.29, 0.717) is 18.8 Å². The number of nitrogens with one attached hydrogen (secondary N) is 1. The van der Waals surface area contributed by atoms with Crippen molar-refractivity contribution in [3.8, 4) is 0 Å². The van der Waals surface area contributed by atoms with E-state index in [4.69, 9.17) is 11.6 Å². The predicted octanol–water partition coefficient (Wildman–Crippen LogP) is 5.98. The Morgan fingerprint density at radius 2 is 1.24 bits per heavy atom. The van der Waals surface area contributed by atoms with Crippen molar-refractivity contribution in [1.29, 1.82) is 0 Å². The number of hydrogen-bond donors (Lipinski definition) is 1. The van der Waals surface area contributed by atoms with Crippen LogP contribution in [0.15, 0.2) is 114 Å². The predicted molar refractivity (Wildman–Crippen MR) is 135 cm³/mol. The molecule has 0 saturated carbocycles.